The van der Waals surface area contributed by atoms with Crippen molar-refractivity contribution in [3.63, 3.8) is 0 Å². The van der Waals surface area contributed by atoms with E-state index in [2.05, 4.69) is 21.3 Å². The van der Waals surface area contributed by atoms with Crippen molar-refractivity contribution in [2.45, 2.75) is 51.3 Å². The average molecular weight is 541 g/mol. The Balaban J connectivity index is 2.02. The van der Waals surface area contributed by atoms with Crippen LogP contribution in [0.3, 0.4) is 0 Å². The van der Waals surface area contributed by atoms with Gasteiger partial charge in [-0.1, -0.05) is 60.7 Å². The molecule has 4 amide bonds. The molecule has 0 saturated heterocycles. The van der Waals surface area contributed by atoms with E-state index in [0.717, 1.165) is 11.1 Å². The Hall–Kier alpha value is -4.41. The maximum atomic E-state index is 13.3. The first kappa shape index (κ1) is 30.8. The van der Waals surface area contributed by atoms with Crippen molar-refractivity contribution in [3.8, 4) is 0 Å². The molecule has 2 atom stereocenters. The molecule has 11 nitrogen and oxygen atoms in total. The Bertz CT molecular complexity index is 1120. The van der Waals surface area contributed by atoms with E-state index in [9.17, 15) is 24.0 Å². The maximum absolute atomic E-state index is 13.3. The molecule has 11 heteroatoms. The SMILES string of the molecule is COC(=O)C(Cc1ccccc1)NC(=O)C(Cc1ccccc1)NC(=O)CNC(=O)CNC(=O)OC(C)(C)C. The van der Waals surface area contributed by atoms with Crippen molar-refractivity contribution >= 4 is 29.8 Å². The maximum Gasteiger partial charge on any atom is 0.408 e. The zero-order chi connectivity index (χ0) is 28.8. The van der Waals surface area contributed by atoms with Gasteiger partial charge < -0.3 is 30.7 Å². The minimum atomic E-state index is -1.04. The number of benzene rings is 2. The second kappa shape index (κ2) is 15.1. The summed E-state index contributed by atoms with van der Waals surface area (Å²) in [5.41, 5.74) is 0.878. The number of hydrogen-bond acceptors (Lipinski definition) is 7. The van der Waals surface area contributed by atoms with Crippen LogP contribution in [0.2, 0.25) is 0 Å². The van der Waals surface area contributed by atoms with E-state index >= 15 is 0 Å². The topological polar surface area (TPSA) is 152 Å². The zero-order valence-corrected chi connectivity index (χ0v) is 22.6. The molecule has 2 unspecified atom stereocenters. The molecule has 4 N–H and O–H groups in total. The molecule has 0 radical (unpaired) electrons. The Labute approximate surface area is 228 Å². The number of hydrogen-bond donors (Lipinski definition) is 4. The molecule has 0 aromatic heterocycles. The Kier molecular flexibility index (Phi) is 11.9. The van der Waals surface area contributed by atoms with Crippen molar-refractivity contribution in [2.75, 3.05) is 20.2 Å². The van der Waals surface area contributed by atoms with Crippen LogP contribution in [-0.2, 0) is 41.5 Å². The lowest BCUT2D eigenvalue weighted by Gasteiger charge is -2.23. The molecule has 39 heavy (non-hydrogen) atoms. The second-order valence-electron chi connectivity index (χ2n) is 9.72. The number of esters is 1. The van der Waals surface area contributed by atoms with Gasteiger partial charge in [0, 0.05) is 12.8 Å². The van der Waals surface area contributed by atoms with E-state index < -0.39 is 60.6 Å². The monoisotopic (exact) mass is 540 g/mol. The smallest absolute Gasteiger partial charge is 0.408 e. The molecule has 0 aliphatic heterocycles. The lowest BCUT2D eigenvalue weighted by Crippen LogP contribution is -2.54. The fourth-order valence-electron chi connectivity index (χ4n) is 3.47. The van der Waals surface area contributed by atoms with Crippen LogP contribution in [0.15, 0.2) is 60.7 Å². The highest BCUT2D eigenvalue weighted by molar-refractivity contribution is 5.92. The summed E-state index contributed by atoms with van der Waals surface area (Å²) >= 11 is 0. The number of carbonyl (C=O) groups is 5. The molecule has 0 aliphatic rings. The van der Waals surface area contributed by atoms with Gasteiger partial charge in [-0.3, -0.25) is 14.4 Å². The molecule has 2 aromatic rings. The van der Waals surface area contributed by atoms with Crippen LogP contribution in [-0.4, -0.2) is 67.7 Å². The number of rotatable bonds is 12. The lowest BCUT2D eigenvalue weighted by molar-refractivity contribution is -0.145. The number of nitrogens with one attached hydrogen (secondary N) is 4. The summed E-state index contributed by atoms with van der Waals surface area (Å²) in [6.07, 6.45) is -0.421. The third kappa shape index (κ3) is 12.1. The van der Waals surface area contributed by atoms with Gasteiger partial charge in [0.25, 0.3) is 0 Å². The fourth-order valence-corrected chi connectivity index (χ4v) is 3.47. The summed E-state index contributed by atoms with van der Waals surface area (Å²) in [5, 5.41) is 9.98. The summed E-state index contributed by atoms with van der Waals surface area (Å²) in [5.74, 6) is -2.46. The summed E-state index contributed by atoms with van der Waals surface area (Å²) in [7, 11) is 1.23. The summed E-state index contributed by atoms with van der Waals surface area (Å²) in [6, 6.07) is 16.2. The predicted octanol–water partition coefficient (Wildman–Crippen LogP) is 1.26. The van der Waals surface area contributed by atoms with E-state index in [4.69, 9.17) is 9.47 Å². The van der Waals surface area contributed by atoms with Crippen molar-refractivity contribution in [1.29, 1.82) is 0 Å². The van der Waals surface area contributed by atoms with Gasteiger partial charge in [0.2, 0.25) is 17.7 Å². The normalized spacial score (nSPS) is 12.3. The Morgan fingerprint density at radius 2 is 1.23 bits per heavy atom. The van der Waals surface area contributed by atoms with Crippen LogP contribution in [0.4, 0.5) is 4.79 Å². The zero-order valence-electron chi connectivity index (χ0n) is 22.6. The molecule has 210 valence electrons. The van der Waals surface area contributed by atoms with Gasteiger partial charge in [-0.25, -0.2) is 9.59 Å². The molecule has 0 heterocycles. The average Bonchev–Trinajstić information content (AvgIpc) is 2.89. The molecule has 2 aromatic carbocycles. The van der Waals surface area contributed by atoms with E-state index in [1.807, 2.05) is 36.4 Å². The van der Waals surface area contributed by atoms with Gasteiger partial charge in [-0.05, 0) is 31.9 Å². The van der Waals surface area contributed by atoms with Crippen molar-refractivity contribution < 1.29 is 33.4 Å². The highest BCUT2D eigenvalue weighted by atomic mass is 16.6. The van der Waals surface area contributed by atoms with Crippen LogP contribution in [0.5, 0.6) is 0 Å². The van der Waals surface area contributed by atoms with Crippen LogP contribution >= 0.6 is 0 Å². The van der Waals surface area contributed by atoms with Crippen LogP contribution in [0, 0.1) is 0 Å². The number of amides is 4. The third-order valence-electron chi connectivity index (χ3n) is 5.26. The number of alkyl carbamates (subject to hydrolysis) is 1. The predicted molar refractivity (Wildman–Crippen MR) is 143 cm³/mol. The van der Waals surface area contributed by atoms with Crippen molar-refractivity contribution in [3.05, 3.63) is 71.8 Å². The van der Waals surface area contributed by atoms with Gasteiger partial charge in [0.1, 0.15) is 24.2 Å². The largest absolute Gasteiger partial charge is 0.467 e. The molecule has 0 bridgehead atoms. The first-order valence-corrected chi connectivity index (χ1v) is 12.5. The quantitative estimate of drug-likeness (QED) is 0.296. The molecule has 0 fully saturated rings. The van der Waals surface area contributed by atoms with Crippen LogP contribution < -0.4 is 21.3 Å². The highest BCUT2D eigenvalue weighted by Gasteiger charge is 2.28. The van der Waals surface area contributed by atoms with Crippen molar-refractivity contribution in [1.82, 2.24) is 21.3 Å². The number of carbonyl (C=O) groups excluding carboxylic acids is 5. The van der Waals surface area contributed by atoms with E-state index in [1.165, 1.54) is 7.11 Å². The van der Waals surface area contributed by atoms with Crippen molar-refractivity contribution in [2.24, 2.45) is 0 Å². The number of methoxy groups -OCH3 is 1. The van der Waals surface area contributed by atoms with E-state index in [-0.39, 0.29) is 12.8 Å². The highest BCUT2D eigenvalue weighted by Crippen LogP contribution is 2.08. The molecule has 2 rings (SSSR count). The molecule has 0 aliphatic carbocycles. The molecule has 0 spiro atoms. The van der Waals surface area contributed by atoms with Gasteiger partial charge in [0.15, 0.2) is 0 Å². The van der Waals surface area contributed by atoms with Crippen LogP contribution in [0.25, 0.3) is 0 Å². The molecular formula is C28H36N4O7. The first-order valence-electron chi connectivity index (χ1n) is 12.5. The molecular weight excluding hydrogens is 504 g/mol. The van der Waals surface area contributed by atoms with Gasteiger partial charge in [-0.15, -0.1) is 0 Å². The number of ether oxygens (including phenoxy) is 2. The minimum absolute atomic E-state index is 0.145. The Morgan fingerprint density at radius 3 is 1.74 bits per heavy atom. The Morgan fingerprint density at radius 1 is 0.718 bits per heavy atom. The summed E-state index contributed by atoms with van der Waals surface area (Å²) in [4.78, 5) is 62.1. The van der Waals surface area contributed by atoms with Gasteiger partial charge in [-0.2, -0.15) is 0 Å². The summed E-state index contributed by atoms with van der Waals surface area (Å²) < 4.78 is 9.93. The second-order valence-corrected chi connectivity index (χ2v) is 9.72. The first-order chi connectivity index (χ1) is 18.5. The van der Waals surface area contributed by atoms with Gasteiger partial charge in [0.05, 0.1) is 13.7 Å². The summed E-state index contributed by atoms with van der Waals surface area (Å²) in [6.45, 7) is 4.24. The molecule has 0 saturated carbocycles. The van der Waals surface area contributed by atoms with E-state index in [1.54, 1.807) is 45.0 Å². The fraction of sp³-hybridized carbons (Fsp3) is 0.393. The van der Waals surface area contributed by atoms with E-state index in [0.29, 0.717) is 0 Å². The lowest BCUT2D eigenvalue weighted by atomic mass is 10.0. The standard InChI is InChI=1S/C28H36N4O7/c1-28(2,3)39-27(37)30-17-23(33)29-18-24(34)31-21(15-19-11-7-5-8-12-19)25(35)32-22(26(36)38-4)16-20-13-9-6-10-14-20/h5-14,21-22H,15-18H2,1-4H3,(H,29,33)(H,30,37)(H,31,34)(H,32,35). The van der Waals surface area contributed by atoms with Gasteiger partial charge >= 0.3 is 12.1 Å². The van der Waals surface area contributed by atoms with Crippen LogP contribution in [0.1, 0.15) is 31.9 Å². The minimum Gasteiger partial charge on any atom is -0.467 e. The third-order valence-corrected chi connectivity index (χ3v) is 5.26.